The highest BCUT2D eigenvalue weighted by Gasteiger charge is 2.49. The van der Waals surface area contributed by atoms with E-state index in [9.17, 15) is 0 Å². The van der Waals surface area contributed by atoms with Gasteiger partial charge in [-0.1, -0.05) is 200 Å². The summed E-state index contributed by atoms with van der Waals surface area (Å²) in [4.78, 5) is 0. The summed E-state index contributed by atoms with van der Waals surface area (Å²) in [7, 11) is -2.95. The molecule has 0 fully saturated rings. The van der Waals surface area contributed by atoms with Crippen LogP contribution in [0.1, 0.15) is 45.2 Å². The van der Waals surface area contributed by atoms with Gasteiger partial charge in [-0.25, -0.2) is 0 Å². The number of hydrogen-bond acceptors (Lipinski definition) is 1. The van der Waals surface area contributed by atoms with Crippen molar-refractivity contribution in [1.82, 2.24) is 0 Å². The molecule has 2 unspecified atom stereocenters. The molecule has 0 saturated heterocycles. The number of furan rings is 1. The van der Waals surface area contributed by atoms with E-state index < -0.39 is 8.07 Å². The van der Waals surface area contributed by atoms with Crippen LogP contribution in [-0.4, -0.2) is 8.07 Å². The van der Waals surface area contributed by atoms with Crippen LogP contribution in [0.4, 0.5) is 0 Å². The third-order valence-electron chi connectivity index (χ3n) is 13.0. The molecule has 2 bridgehead atoms. The SMILES string of the molecule is c1ccc(-c2ccc([Si](c3ccccc3)(c3ccccc3)c3cccc4c3C3c5ccccc5C4c4cccc(-c5ccc6oc7ccccc7c6c5)c43)cc2)cc1. The molecule has 9 aromatic carbocycles. The maximum atomic E-state index is 6.31. The van der Waals surface area contributed by atoms with E-state index in [1.54, 1.807) is 0 Å². The Bertz CT molecular complexity index is 3120. The summed E-state index contributed by atoms with van der Waals surface area (Å²) < 4.78 is 6.31. The summed E-state index contributed by atoms with van der Waals surface area (Å²) in [6, 6.07) is 81.9. The quantitative estimate of drug-likeness (QED) is 0.122. The highest BCUT2D eigenvalue weighted by atomic mass is 28.3. The molecule has 0 amide bonds. The predicted molar refractivity (Wildman–Crippen MR) is 243 cm³/mol. The predicted octanol–water partition coefficient (Wildman–Crippen LogP) is 11.3. The zero-order valence-corrected chi connectivity index (χ0v) is 32.8. The molecule has 1 heterocycles. The molecule has 1 aromatic heterocycles. The molecule has 0 radical (unpaired) electrons. The van der Waals surface area contributed by atoms with Gasteiger partial charge in [0.2, 0.25) is 0 Å². The molecule has 3 aliphatic carbocycles. The topological polar surface area (TPSA) is 13.1 Å². The fourth-order valence-electron chi connectivity index (χ4n) is 10.7. The van der Waals surface area contributed by atoms with Crippen LogP contribution >= 0.6 is 0 Å². The van der Waals surface area contributed by atoms with E-state index in [-0.39, 0.29) is 11.8 Å². The van der Waals surface area contributed by atoms with Gasteiger partial charge in [0.1, 0.15) is 11.2 Å². The normalized spacial score (nSPS) is 15.2. The van der Waals surface area contributed by atoms with E-state index in [1.807, 2.05) is 6.07 Å². The maximum absolute atomic E-state index is 6.31. The van der Waals surface area contributed by atoms with Crippen molar-refractivity contribution in [3.8, 4) is 22.3 Å². The van der Waals surface area contributed by atoms with Crippen LogP contribution in [0.25, 0.3) is 44.2 Å². The maximum Gasteiger partial charge on any atom is 0.179 e. The van der Waals surface area contributed by atoms with Crippen molar-refractivity contribution in [3.63, 3.8) is 0 Å². The molecule has 3 aliphatic rings. The number of fused-ring (bicyclic) bond motifs is 3. The standard InChI is InChI=1S/C56H38OSi/c1-4-16-37(17-5-1)38-30-33-42(34-31-38)58(40-18-6-2-7-19-40,41-20-8-3-9-21-41)52-29-15-27-48-53-45-23-10-11-24-46(45)56(55(48)52)54-43(25-14-26-47(53)54)39-32-35-51-49(36-39)44-22-12-13-28-50(44)57-51/h1-36,53,56H. The van der Waals surface area contributed by atoms with Gasteiger partial charge < -0.3 is 4.42 Å². The first kappa shape index (κ1) is 33.2. The van der Waals surface area contributed by atoms with Crippen molar-refractivity contribution in [1.29, 1.82) is 0 Å². The van der Waals surface area contributed by atoms with Crippen LogP contribution in [-0.2, 0) is 0 Å². The van der Waals surface area contributed by atoms with Crippen LogP contribution in [0.5, 0.6) is 0 Å². The van der Waals surface area contributed by atoms with E-state index in [4.69, 9.17) is 4.42 Å². The van der Waals surface area contributed by atoms with Crippen molar-refractivity contribution in [2.75, 3.05) is 0 Å². The number of para-hydroxylation sites is 1. The Morgan fingerprint density at radius 2 is 0.845 bits per heavy atom. The lowest BCUT2D eigenvalue weighted by molar-refractivity contribution is 0.669. The van der Waals surface area contributed by atoms with Gasteiger partial charge in [-0.2, -0.15) is 0 Å². The van der Waals surface area contributed by atoms with Crippen LogP contribution in [0.15, 0.2) is 223 Å². The molecule has 13 rings (SSSR count). The smallest absolute Gasteiger partial charge is 0.179 e. The van der Waals surface area contributed by atoms with Gasteiger partial charge >= 0.3 is 0 Å². The summed E-state index contributed by atoms with van der Waals surface area (Å²) in [5.74, 6) is 0.182. The second-order valence-corrected chi connectivity index (χ2v) is 19.6. The van der Waals surface area contributed by atoms with E-state index in [1.165, 1.54) is 76.4 Å². The zero-order valence-electron chi connectivity index (χ0n) is 31.8. The monoisotopic (exact) mass is 754 g/mol. The Morgan fingerprint density at radius 1 is 0.328 bits per heavy atom. The van der Waals surface area contributed by atoms with E-state index in [0.717, 1.165) is 21.9 Å². The van der Waals surface area contributed by atoms with Crippen LogP contribution in [0, 0.1) is 0 Å². The van der Waals surface area contributed by atoms with Crippen LogP contribution in [0.3, 0.4) is 0 Å². The Morgan fingerprint density at radius 3 is 1.57 bits per heavy atom. The van der Waals surface area contributed by atoms with Gasteiger partial charge in [0.25, 0.3) is 0 Å². The Hall–Kier alpha value is -7.00. The van der Waals surface area contributed by atoms with Crippen molar-refractivity contribution in [2.24, 2.45) is 0 Å². The highest BCUT2D eigenvalue weighted by molar-refractivity contribution is 7.20. The van der Waals surface area contributed by atoms with Gasteiger partial charge in [-0.05, 0) is 94.6 Å². The lowest BCUT2D eigenvalue weighted by atomic mass is 9.60. The molecule has 0 spiro atoms. The van der Waals surface area contributed by atoms with Gasteiger partial charge in [0.15, 0.2) is 8.07 Å². The molecule has 0 saturated carbocycles. The van der Waals surface area contributed by atoms with Crippen molar-refractivity contribution in [3.05, 3.63) is 252 Å². The molecule has 2 atom stereocenters. The minimum Gasteiger partial charge on any atom is -0.456 e. The Labute approximate surface area is 339 Å². The number of benzene rings is 9. The second kappa shape index (κ2) is 13.0. The van der Waals surface area contributed by atoms with Crippen LogP contribution in [0.2, 0.25) is 0 Å². The first-order chi connectivity index (χ1) is 28.8. The Kier molecular flexibility index (Phi) is 7.45. The summed E-state index contributed by atoms with van der Waals surface area (Å²) in [6.45, 7) is 0. The lowest BCUT2D eigenvalue weighted by Gasteiger charge is -2.47. The fraction of sp³-hybridized carbons (Fsp3) is 0.0357. The van der Waals surface area contributed by atoms with Gasteiger partial charge in [0, 0.05) is 22.6 Å². The highest BCUT2D eigenvalue weighted by Crippen LogP contribution is 2.57. The summed E-state index contributed by atoms with van der Waals surface area (Å²) >= 11 is 0. The average molecular weight is 755 g/mol. The summed E-state index contributed by atoms with van der Waals surface area (Å²) in [5, 5.41) is 7.95. The summed E-state index contributed by atoms with van der Waals surface area (Å²) in [6.07, 6.45) is 0. The molecule has 0 N–H and O–H groups in total. The molecule has 2 heteroatoms. The van der Waals surface area contributed by atoms with Crippen molar-refractivity contribution < 1.29 is 4.42 Å². The second-order valence-electron chi connectivity index (χ2n) is 15.8. The first-order valence-corrected chi connectivity index (χ1v) is 22.3. The first-order valence-electron chi connectivity index (χ1n) is 20.3. The third kappa shape index (κ3) is 4.76. The lowest BCUT2D eigenvalue weighted by Crippen LogP contribution is -2.75. The molecule has 0 aliphatic heterocycles. The third-order valence-corrected chi connectivity index (χ3v) is 17.9. The van der Waals surface area contributed by atoms with Crippen molar-refractivity contribution in [2.45, 2.75) is 11.8 Å². The van der Waals surface area contributed by atoms with E-state index in [0.29, 0.717) is 0 Å². The van der Waals surface area contributed by atoms with E-state index >= 15 is 0 Å². The fourth-order valence-corrected chi connectivity index (χ4v) is 15.7. The molecular weight excluding hydrogens is 717 g/mol. The van der Waals surface area contributed by atoms with Gasteiger partial charge in [-0.15, -0.1) is 0 Å². The zero-order chi connectivity index (χ0) is 38.2. The van der Waals surface area contributed by atoms with Crippen molar-refractivity contribution >= 4 is 50.8 Å². The Balaban J connectivity index is 1.15. The van der Waals surface area contributed by atoms with E-state index in [2.05, 4.69) is 212 Å². The average Bonchev–Trinajstić information content (AvgIpc) is 3.68. The van der Waals surface area contributed by atoms with Gasteiger partial charge in [-0.3, -0.25) is 0 Å². The molecule has 58 heavy (non-hydrogen) atoms. The number of rotatable bonds is 6. The minimum atomic E-state index is -2.95. The van der Waals surface area contributed by atoms with Gasteiger partial charge in [0.05, 0.1) is 0 Å². The molecule has 10 aromatic rings. The number of hydrogen-bond donors (Lipinski definition) is 0. The largest absolute Gasteiger partial charge is 0.456 e. The minimum absolute atomic E-state index is 0.0540. The van der Waals surface area contributed by atoms with Crippen LogP contribution < -0.4 is 20.7 Å². The molecule has 272 valence electrons. The molecule has 1 nitrogen and oxygen atoms in total. The molecular formula is C56H38OSi. The summed E-state index contributed by atoms with van der Waals surface area (Å²) in [5.41, 5.74) is 15.5.